The SMILES string of the molecule is COc1cc([C@H]2C3=CC[C@@H]4C(=O)N(c5ccc(N=Nc6ccc(N(C)C)cc6)cc5)C(=O)[C@@H]4[C@@H]3C[C@@]3(Cl)C(=O)N(C)C(=O)[C@@]23Cl)cc(Cl)c1O. The van der Waals surface area contributed by atoms with Gasteiger partial charge in [0, 0.05) is 32.7 Å². The van der Waals surface area contributed by atoms with Crippen molar-refractivity contribution in [2.24, 2.45) is 28.0 Å². The van der Waals surface area contributed by atoms with Gasteiger partial charge in [-0.2, -0.15) is 10.2 Å². The number of amides is 4. The number of rotatable bonds is 6. The first-order valence-corrected chi connectivity index (χ1v) is 17.0. The van der Waals surface area contributed by atoms with Crippen LogP contribution in [0.1, 0.15) is 24.3 Å². The number of alkyl halides is 2. The third kappa shape index (κ3) is 4.85. The van der Waals surface area contributed by atoms with Crippen LogP contribution >= 0.6 is 34.8 Å². The summed E-state index contributed by atoms with van der Waals surface area (Å²) in [5.41, 5.74) is 3.55. The first-order chi connectivity index (χ1) is 23.7. The van der Waals surface area contributed by atoms with E-state index in [0.717, 1.165) is 10.6 Å². The number of likely N-dealkylation sites (tertiary alicyclic amines) is 1. The van der Waals surface area contributed by atoms with Crippen LogP contribution in [0.4, 0.5) is 22.7 Å². The highest BCUT2D eigenvalue weighted by Gasteiger charge is 2.76. The molecule has 0 radical (unpaired) electrons. The van der Waals surface area contributed by atoms with E-state index in [2.05, 4.69) is 10.2 Å². The first-order valence-electron chi connectivity index (χ1n) is 15.9. The van der Waals surface area contributed by atoms with Crippen molar-refractivity contribution in [3.8, 4) is 11.5 Å². The minimum absolute atomic E-state index is 0.0259. The van der Waals surface area contributed by atoms with Crippen molar-refractivity contribution in [1.82, 2.24) is 4.90 Å². The molecule has 1 saturated carbocycles. The van der Waals surface area contributed by atoms with Gasteiger partial charge < -0.3 is 14.7 Å². The predicted octanol–water partition coefficient (Wildman–Crippen LogP) is 6.73. The number of phenolic OH excluding ortho intramolecular Hbond substituents is 1. The highest BCUT2D eigenvalue weighted by molar-refractivity contribution is 6.53. The molecule has 1 N–H and O–H groups in total. The molecule has 0 bridgehead atoms. The molecule has 11 nitrogen and oxygen atoms in total. The Morgan fingerprint density at radius 2 is 1.52 bits per heavy atom. The number of hydrogen-bond donors (Lipinski definition) is 1. The standard InChI is InChI=1S/C36H32Cl3N5O6/c1-42(2)21-9-5-19(6-10-21)40-41-20-7-11-22(12-8-20)44-31(46)24-14-13-23-25(28(24)32(44)47)17-35(38)33(48)43(3)34(49)36(35,39)29(23)18-15-26(37)30(45)27(16-18)50-4/h5-13,15-16,24-25,28-29,45H,14,17H2,1-4H3/t24-,25+,28-,29-,35+,36-/m0/s1. The smallest absolute Gasteiger partial charge is 0.253 e. The largest absolute Gasteiger partial charge is 0.503 e. The van der Waals surface area contributed by atoms with Crippen LogP contribution in [-0.2, 0) is 19.2 Å². The molecule has 7 rings (SSSR count). The fourth-order valence-electron chi connectivity index (χ4n) is 7.89. The quantitative estimate of drug-likeness (QED) is 0.129. The molecule has 2 aliphatic heterocycles. The number of methoxy groups -OCH3 is 1. The number of imide groups is 2. The number of phenols is 1. The molecule has 2 aliphatic carbocycles. The maximum Gasteiger partial charge on any atom is 0.253 e. The number of ether oxygens (including phenoxy) is 1. The van der Waals surface area contributed by atoms with Crippen molar-refractivity contribution in [2.75, 3.05) is 38.1 Å². The summed E-state index contributed by atoms with van der Waals surface area (Å²) in [6.45, 7) is 0. The second-order valence-electron chi connectivity index (χ2n) is 13.2. The number of halogens is 3. The van der Waals surface area contributed by atoms with E-state index in [-0.39, 0.29) is 35.3 Å². The van der Waals surface area contributed by atoms with Crippen LogP contribution in [0.15, 0.2) is 82.5 Å². The summed E-state index contributed by atoms with van der Waals surface area (Å²) in [6, 6.07) is 17.1. The zero-order valence-electron chi connectivity index (χ0n) is 27.4. The first kappa shape index (κ1) is 34.0. The number of carbonyl (C=O) groups excluding carboxylic acids is 4. The van der Waals surface area contributed by atoms with E-state index in [1.807, 2.05) is 49.3 Å². The number of hydrogen-bond acceptors (Lipinski definition) is 9. The van der Waals surface area contributed by atoms with Crippen molar-refractivity contribution in [3.05, 3.63) is 82.9 Å². The van der Waals surface area contributed by atoms with Gasteiger partial charge in [-0.25, -0.2) is 0 Å². The average Bonchev–Trinajstić information content (AvgIpc) is 3.43. The Morgan fingerprint density at radius 1 is 0.900 bits per heavy atom. The molecule has 50 heavy (non-hydrogen) atoms. The molecule has 14 heteroatoms. The number of azo groups is 1. The van der Waals surface area contributed by atoms with Gasteiger partial charge in [0.05, 0.1) is 41.0 Å². The summed E-state index contributed by atoms with van der Waals surface area (Å²) in [4.78, 5) is 55.9. The van der Waals surface area contributed by atoms with Gasteiger partial charge in [0.1, 0.15) is 0 Å². The van der Waals surface area contributed by atoms with Gasteiger partial charge in [0.15, 0.2) is 21.2 Å². The normalized spacial score (nSPS) is 28.9. The van der Waals surface area contributed by atoms with Crippen molar-refractivity contribution in [1.29, 1.82) is 0 Å². The number of benzene rings is 3. The van der Waals surface area contributed by atoms with E-state index in [0.29, 0.717) is 28.2 Å². The summed E-state index contributed by atoms with van der Waals surface area (Å²) < 4.78 is 5.34. The number of allylic oxidation sites excluding steroid dienone is 2. The van der Waals surface area contributed by atoms with E-state index in [1.54, 1.807) is 24.3 Å². The molecule has 0 spiro atoms. The summed E-state index contributed by atoms with van der Waals surface area (Å²) in [5.74, 6) is -5.89. The Balaban J connectivity index is 1.23. The van der Waals surface area contributed by atoms with Crippen LogP contribution in [0.25, 0.3) is 0 Å². The lowest BCUT2D eigenvalue weighted by Gasteiger charge is -2.50. The van der Waals surface area contributed by atoms with Crippen LogP contribution in [0, 0.1) is 17.8 Å². The Bertz CT molecular complexity index is 2020. The van der Waals surface area contributed by atoms with Crippen molar-refractivity contribution in [2.45, 2.75) is 28.5 Å². The van der Waals surface area contributed by atoms with Crippen molar-refractivity contribution in [3.63, 3.8) is 0 Å². The number of nitrogens with zero attached hydrogens (tertiary/aromatic N) is 5. The zero-order valence-corrected chi connectivity index (χ0v) is 29.7. The monoisotopic (exact) mass is 735 g/mol. The molecule has 4 amide bonds. The highest BCUT2D eigenvalue weighted by atomic mass is 35.5. The van der Waals surface area contributed by atoms with Crippen LogP contribution in [0.5, 0.6) is 11.5 Å². The molecule has 0 unspecified atom stereocenters. The zero-order chi connectivity index (χ0) is 35.9. The van der Waals surface area contributed by atoms with Gasteiger partial charge in [-0.1, -0.05) is 23.3 Å². The second-order valence-corrected chi connectivity index (χ2v) is 14.8. The van der Waals surface area contributed by atoms with Crippen LogP contribution < -0.4 is 14.5 Å². The molecule has 0 aromatic heterocycles. The van der Waals surface area contributed by atoms with Gasteiger partial charge in [0.2, 0.25) is 11.8 Å². The molecule has 3 aromatic rings. The molecule has 6 atom stereocenters. The predicted molar refractivity (Wildman–Crippen MR) is 189 cm³/mol. The van der Waals surface area contributed by atoms with E-state index >= 15 is 0 Å². The summed E-state index contributed by atoms with van der Waals surface area (Å²) in [6.07, 6.45) is 1.86. The summed E-state index contributed by atoms with van der Waals surface area (Å²) in [5, 5.41) is 19.0. The van der Waals surface area contributed by atoms with E-state index in [9.17, 15) is 24.3 Å². The summed E-state index contributed by atoms with van der Waals surface area (Å²) >= 11 is 20.9. The van der Waals surface area contributed by atoms with Gasteiger partial charge in [-0.15, -0.1) is 23.2 Å². The Kier molecular flexibility index (Phi) is 8.24. The second kappa shape index (κ2) is 12.1. The lowest BCUT2D eigenvalue weighted by Crippen LogP contribution is -2.60. The third-order valence-electron chi connectivity index (χ3n) is 10.4. The molecule has 3 fully saturated rings. The Morgan fingerprint density at radius 3 is 2.12 bits per heavy atom. The average molecular weight is 737 g/mol. The topological polar surface area (TPSA) is 132 Å². The molecule has 258 valence electrons. The third-order valence-corrected chi connectivity index (χ3v) is 12.1. The Hall–Kier alpha value is -4.45. The van der Waals surface area contributed by atoms with Crippen molar-refractivity contribution >= 4 is 81.2 Å². The number of anilines is 2. The maximum absolute atomic E-state index is 14.3. The number of fused-ring (bicyclic) bond motifs is 4. The van der Waals surface area contributed by atoms with Crippen LogP contribution in [-0.4, -0.2) is 71.6 Å². The minimum Gasteiger partial charge on any atom is -0.503 e. The molecule has 3 aromatic carbocycles. The van der Waals surface area contributed by atoms with Gasteiger partial charge >= 0.3 is 0 Å². The maximum atomic E-state index is 14.3. The summed E-state index contributed by atoms with van der Waals surface area (Å²) in [7, 11) is 6.56. The molecular weight excluding hydrogens is 705 g/mol. The van der Waals surface area contributed by atoms with Crippen LogP contribution in [0.2, 0.25) is 5.02 Å². The fourth-order valence-corrected chi connectivity index (χ4v) is 9.13. The minimum atomic E-state index is -2.00. The molecule has 2 saturated heterocycles. The van der Waals surface area contributed by atoms with E-state index < -0.39 is 51.1 Å². The number of carbonyl (C=O) groups is 4. The highest BCUT2D eigenvalue weighted by Crippen LogP contribution is 2.65. The molecular formula is C36H32Cl3N5O6. The molecule has 4 aliphatic rings. The van der Waals surface area contributed by atoms with E-state index in [4.69, 9.17) is 39.5 Å². The van der Waals surface area contributed by atoms with Crippen LogP contribution in [0.3, 0.4) is 0 Å². The van der Waals surface area contributed by atoms with Gasteiger partial charge in [-0.05, 0) is 85.0 Å². The Labute approximate surface area is 303 Å². The fraction of sp³-hybridized carbons (Fsp3) is 0.333. The van der Waals surface area contributed by atoms with Gasteiger partial charge in [-0.3, -0.25) is 29.0 Å². The number of aromatic hydroxyl groups is 1. The van der Waals surface area contributed by atoms with E-state index in [1.165, 1.54) is 31.2 Å². The lowest BCUT2D eigenvalue weighted by atomic mass is 9.56. The molecule has 2 heterocycles. The van der Waals surface area contributed by atoms with Crippen molar-refractivity contribution < 1.29 is 29.0 Å². The lowest BCUT2D eigenvalue weighted by molar-refractivity contribution is -0.138. The van der Waals surface area contributed by atoms with Gasteiger partial charge in [0.25, 0.3) is 11.8 Å².